The highest BCUT2D eigenvalue weighted by atomic mass is 32.2. The molecule has 1 amide bonds. The number of ether oxygens (including phenoxy) is 2. The van der Waals surface area contributed by atoms with Crippen LogP contribution in [-0.4, -0.2) is 51.8 Å². The van der Waals surface area contributed by atoms with Crippen molar-refractivity contribution in [2.45, 2.75) is 18.0 Å². The van der Waals surface area contributed by atoms with Gasteiger partial charge >= 0.3 is 0 Å². The van der Waals surface area contributed by atoms with Gasteiger partial charge in [0.25, 0.3) is 0 Å². The summed E-state index contributed by atoms with van der Waals surface area (Å²) < 4.78 is 28.0. The summed E-state index contributed by atoms with van der Waals surface area (Å²) in [6.07, 6.45) is 3.17. The number of nitrogens with zero attached hydrogens (tertiary/aromatic N) is 4. The minimum Gasteiger partial charge on any atom is -0.493 e. The Morgan fingerprint density at radius 1 is 1.06 bits per heavy atom. The molecular weight excluding hydrogens is 481 g/mol. The summed E-state index contributed by atoms with van der Waals surface area (Å²) >= 11 is 1.29. The van der Waals surface area contributed by atoms with Crippen LogP contribution in [0.4, 0.5) is 4.39 Å². The molecule has 4 aromatic rings. The van der Waals surface area contributed by atoms with Crippen LogP contribution in [0, 0.1) is 5.82 Å². The number of benzene rings is 2. The van der Waals surface area contributed by atoms with Crippen LogP contribution < -0.4 is 14.8 Å². The summed E-state index contributed by atoms with van der Waals surface area (Å²) in [5, 5.41) is 12.2. The fourth-order valence-corrected chi connectivity index (χ4v) is 4.56. The third-order valence-electron chi connectivity index (χ3n) is 5.69. The normalized spacial score (nSPS) is 10.9. The highest BCUT2D eigenvalue weighted by Crippen LogP contribution is 2.28. The summed E-state index contributed by atoms with van der Waals surface area (Å²) in [6, 6.07) is 15.8. The second-order valence-electron chi connectivity index (χ2n) is 8.08. The molecule has 36 heavy (non-hydrogen) atoms. The van der Waals surface area contributed by atoms with E-state index in [1.54, 1.807) is 26.4 Å². The molecule has 10 heteroatoms. The van der Waals surface area contributed by atoms with Gasteiger partial charge in [-0.3, -0.25) is 9.36 Å². The van der Waals surface area contributed by atoms with E-state index in [1.807, 2.05) is 52.7 Å². The first-order valence-corrected chi connectivity index (χ1v) is 12.4. The molecule has 0 radical (unpaired) electrons. The molecular formula is C26H28FN5O3S. The van der Waals surface area contributed by atoms with Crippen LogP contribution in [-0.2, 0) is 24.7 Å². The van der Waals surface area contributed by atoms with Crippen molar-refractivity contribution in [2.75, 3.05) is 26.5 Å². The van der Waals surface area contributed by atoms with Gasteiger partial charge in [-0.1, -0.05) is 17.8 Å². The quantitative estimate of drug-likeness (QED) is 0.310. The Morgan fingerprint density at radius 3 is 2.53 bits per heavy atom. The maximum Gasteiger partial charge on any atom is 0.230 e. The molecule has 0 aliphatic carbocycles. The van der Waals surface area contributed by atoms with E-state index in [0.29, 0.717) is 41.9 Å². The molecule has 0 aliphatic rings. The topological polar surface area (TPSA) is 83.2 Å². The number of hydrogen-bond donors (Lipinski definition) is 1. The van der Waals surface area contributed by atoms with Gasteiger partial charge in [-0.05, 0) is 60.5 Å². The molecule has 1 N–H and O–H groups in total. The molecule has 2 heterocycles. The number of rotatable bonds is 11. The predicted molar refractivity (Wildman–Crippen MR) is 137 cm³/mol. The van der Waals surface area contributed by atoms with Crippen LogP contribution in [0.25, 0.3) is 5.69 Å². The van der Waals surface area contributed by atoms with Crippen molar-refractivity contribution in [1.82, 2.24) is 24.6 Å². The van der Waals surface area contributed by atoms with E-state index in [-0.39, 0.29) is 17.5 Å². The summed E-state index contributed by atoms with van der Waals surface area (Å²) in [6.45, 7) is 0.484. The fraction of sp³-hybridized carbons (Fsp3) is 0.269. The van der Waals surface area contributed by atoms with Crippen molar-refractivity contribution >= 4 is 17.7 Å². The third-order valence-corrected chi connectivity index (χ3v) is 6.62. The Labute approximate surface area is 213 Å². The smallest absolute Gasteiger partial charge is 0.230 e. The van der Waals surface area contributed by atoms with E-state index < -0.39 is 0 Å². The maximum atomic E-state index is 13.5. The number of thioether (sulfide) groups is 1. The molecule has 0 bridgehead atoms. The summed E-state index contributed by atoms with van der Waals surface area (Å²) in [5.41, 5.74) is 2.83. The predicted octanol–water partition coefficient (Wildman–Crippen LogP) is 3.80. The Bertz CT molecular complexity index is 1320. The van der Waals surface area contributed by atoms with Crippen LogP contribution >= 0.6 is 11.8 Å². The number of aryl methyl sites for hydroxylation is 1. The highest BCUT2D eigenvalue weighted by Gasteiger charge is 2.17. The van der Waals surface area contributed by atoms with Crippen molar-refractivity contribution in [3.05, 3.63) is 83.7 Å². The summed E-state index contributed by atoms with van der Waals surface area (Å²) in [7, 11) is 5.16. The van der Waals surface area contributed by atoms with Gasteiger partial charge in [0, 0.05) is 37.6 Å². The molecule has 0 atom stereocenters. The zero-order valence-electron chi connectivity index (χ0n) is 20.4. The first-order valence-electron chi connectivity index (χ1n) is 11.4. The van der Waals surface area contributed by atoms with E-state index in [1.165, 1.54) is 23.9 Å². The first kappa shape index (κ1) is 25.3. The van der Waals surface area contributed by atoms with Gasteiger partial charge in [0.15, 0.2) is 16.7 Å². The van der Waals surface area contributed by atoms with Crippen LogP contribution in [0.3, 0.4) is 0 Å². The van der Waals surface area contributed by atoms with Gasteiger partial charge in [-0.25, -0.2) is 4.39 Å². The second kappa shape index (κ2) is 11.8. The molecule has 2 aromatic heterocycles. The first-order chi connectivity index (χ1) is 17.5. The number of aromatic nitrogens is 4. The van der Waals surface area contributed by atoms with Gasteiger partial charge in [0.1, 0.15) is 11.6 Å². The molecule has 4 rings (SSSR count). The molecule has 0 saturated carbocycles. The number of halogens is 1. The molecule has 0 aliphatic heterocycles. The number of amides is 1. The second-order valence-corrected chi connectivity index (χ2v) is 9.02. The standard InChI is InChI=1S/C26H28FN5O3S/c1-31-14-4-5-21(31)16-24-29-30-26(32(24)20-9-7-19(27)8-10-20)36-17-25(33)28-13-12-18-6-11-22(34-2)23(15-18)35-3/h4-11,14-15H,12-13,16-17H2,1-3H3,(H,28,33). The van der Waals surface area contributed by atoms with Crippen molar-refractivity contribution in [3.8, 4) is 17.2 Å². The van der Waals surface area contributed by atoms with Crippen LogP contribution in [0.15, 0.2) is 66.0 Å². The van der Waals surface area contributed by atoms with Crippen LogP contribution in [0.1, 0.15) is 17.1 Å². The van der Waals surface area contributed by atoms with E-state index in [2.05, 4.69) is 15.5 Å². The average Bonchev–Trinajstić information content (AvgIpc) is 3.48. The Kier molecular flexibility index (Phi) is 8.27. The third kappa shape index (κ3) is 6.06. The van der Waals surface area contributed by atoms with Crippen molar-refractivity contribution in [2.24, 2.45) is 7.05 Å². The van der Waals surface area contributed by atoms with E-state index in [0.717, 1.165) is 16.9 Å². The lowest BCUT2D eigenvalue weighted by Crippen LogP contribution is -2.27. The average molecular weight is 510 g/mol. The lowest BCUT2D eigenvalue weighted by molar-refractivity contribution is -0.118. The van der Waals surface area contributed by atoms with Crippen molar-refractivity contribution in [1.29, 1.82) is 0 Å². The molecule has 8 nitrogen and oxygen atoms in total. The number of carbonyl (C=O) groups excluding carboxylic acids is 1. The number of carbonyl (C=O) groups is 1. The van der Waals surface area contributed by atoms with E-state index in [4.69, 9.17) is 9.47 Å². The minimum atomic E-state index is -0.320. The number of hydrogen-bond acceptors (Lipinski definition) is 6. The summed E-state index contributed by atoms with van der Waals surface area (Å²) in [5.74, 6) is 1.77. The lowest BCUT2D eigenvalue weighted by atomic mass is 10.1. The molecule has 0 spiro atoms. The van der Waals surface area contributed by atoms with Gasteiger partial charge in [-0.15, -0.1) is 10.2 Å². The fourth-order valence-electron chi connectivity index (χ4n) is 3.76. The SMILES string of the molecule is COc1ccc(CCNC(=O)CSc2nnc(Cc3cccn3C)n2-c2ccc(F)cc2)cc1OC. The van der Waals surface area contributed by atoms with E-state index >= 15 is 0 Å². The summed E-state index contributed by atoms with van der Waals surface area (Å²) in [4.78, 5) is 12.5. The molecule has 0 unspecified atom stereocenters. The lowest BCUT2D eigenvalue weighted by Gasteiger charge is -2.11. The highest BCUT2D eigenvalue weighted by molar-refractivity contribution is 7.99. The Morgan fingerprint density at radius 2 is 1.83 bits per heavy atom. The number of nitrogens with one attached hydrogen (secondary N) is 1. The molecule has 0 fully saturated rings. The van der Waals surface area contributed by atoms with Gasteiger partial charge in [-0.2, -0.15) is 0 Å². The monoisotopic (exact) mass is 509 g/mol. The van der Waals surface area contributed by atoms with E-state index in [9.17, 15) is 9.18 Å². The maximum absolute atomic E-state index is 13.5. The van der Waals surface area contributed by atoms with Gasteiger partial charge in [0.2, 0.25) is 5.91 Å². The number of methoxy groups -OCH3 is 2. The molecule has 0 saturated heterocycles. The largest absolute Gasteiger partial charge is 0.493 e. The van der Waals surface area contributed by atoms with Crippen LogP contribution in [0.5, 0.6) is 11.5 Å². The van der Waals surface area contributed by atoms with Crippen molar-refractivity contribution < 1.29 is 18.7 Å². The van der Waals surface area contributed by atoms with Gasteiger partial charge < -0.3 is 19.4 Å². The van der Waals surface area contributed by atoms with Gasteiger partial charge in [0.05, 0.1) is 20.0 Å². The van der Waals surface area contributed by atoms with Crippen molar-refractivity contribution in [3.63, 3.8) is 0 Å². The Hall–Kier alpha value is -3.79. The zero-order chi connectivity index (χ0) is 25.5. The minimum absolute atomic E-state index is 0.113. The van der Waals surface area contributed by atoms with Crippen LogP contribution in [0.2, 0.25) is 0 Å². The molecule has 2 aromatic carbocycles. The Balaban J connectivity index is 1.40. The molecule has 188 valence electrons. The zero-order valence-corrected chi connectivity index (χ0v) is 21.2.